The second-order valence-electron chi connectivity index (χ2n) is 2.96. The van der Waals surface area contributed by atoms with Crippen LogP contribution in [0, 0.1) is 0 Å². The lowest BCUT2D eigenvalue weighted by molar-refractivity contribution is 0.0693. The lowest BCUT2D eigenvalue weighted by atomic mass is 10.3. The highest BCUT2D eigenvalue weighted by molar-refractivity contribution is 6.29. The van der Waals surface area contributed by atoms with Crippen molar-refractivity contribution in [2.24, 2.45) is 5.73 Å². The van der Waals surface area contributed by atoms with Crippen molar-refractivity contribution in [1.82, 2.24) is 9.38 Å². The van der Waals surface area contributed by atoms with Crippen LogP contribution in [0.25, 0.3) is 5.52 Å². The van der Waals surface area contributed by atoms with E-state index in [0.29, 0.717) is 16.5 Å². The molecule has 2 heterocycles. The van der Waals surface area contributed by atoms with Crippen LogP contribution in [0.1, 0.15) is 16.3 Å². The first-order chi connectivity index (χ1) is 7.15. The summed E-state index contributed by atoms with van der Waals surface area (Å²) < 4.78 is 1.53. The Balaban J connectivity index is 2.87. The highest BCUT2D eigenvalue weighted by Gasteiger charge is 2.16. The summed E-state index contributed by atoms with van der Waals surface area (Å²) in [6.45, 7) is 0.137. The normalized spacial score (nSPS) is 10.8. The lowest BCUT2D eigenvalue weighted by Gasteiger charge is -2.00. The van der Waals surface area contributed by atoms with Gasteiger partial charge in [0, 0.05) is 0 Å². The molecular weight excluding hydrogens is 218 g/mol. The fraction of sp³-hybridized carbons (Fsp3) is 0.111. The fourth-order valence-electron chi connectivity index (χ4n) is 1.46. The molecule has 0 radical (unpaired) electrons. The summed E-state index contributed by atoms with van der Waals surface area (Å²) in [7, 11) is 0. The van der Waals surface area contributed by atoms with E-state index in [1.54, 1.807) is 18.2 Å². The average molecular weight is 226 g/mol. The molecule has 2 rings (SSSR count). The van der Waals surface area contributed by atoms with Crippen molar-refractivity contribution in [3.63, 3.8) is 0 Å². The van der Waals surface area contributed by atoms with Gasteiger partial charge >= 0.3 is 5.97 Å². The largest absolute Gasteiger partial charge is 0.476 e. The zero-order valence-electron chi connectivity index (χ0n) is 7.64. The molecule has 0 atom stereocenters. The molecule has 0 aromatic carbocycles. The van der Waals surface area contributed by atoms with E-state index < -0.39 is 5.97 Å². The molecule has 0 unspecified atom stereocenters. The van der Waals surface area contributed by atoms with Crippen molar-refractivity contribution in [2.75, 3.05) is 0 Å². The third-order valence-corrected chi connectivity index (χ3v) is 2.36. The van der Waals surface area contributed by atoms with E-state index in [9.17, 15) is 4.79 Å². The Morgan fingerprint density at radius 1 is 1.60 bits per heavy atom. The number of rotatable bonds is 2. The van der Waals surface area contributed by atoms with Crippen LogP contribution in [0.4, 0.5) is 0 Å². The Morgan fingerprint density at radius 2 is 2.33 bits per heavy atom. The SMILES string of the molecule is NCc1nc(C(=O)O)c2cccc(Cl)n12. The predicted molar refractivity (Wildman–Crippen MR) is 55.1 cm³/mol. The minimum atomic E-state index is -1.09. The van der Waals surface area contributed by atoms with Crippen LogP contribution in [0.5, 0.6) is 0 Å². The first-order valence-corrected chi connectivity index (χ1v) is 4.62. The average Bonchev–Trinajstić information content (AvgIpc) is 2.58. The Hall–Kier alpha value is -1.59. The van der Waals surface area contributed by atoms with E-state index in [1.165, 1.54) is 4.40 Å². The molecule has 0 spiro atoms. The van der Waals surface area contributed by atoms with Gasteiger partial charge in [-0.25, -0.2) is 9.78 Å². The quantitative estimate of drug-likeness (QED) is 0.752. The van der Waals surface area contributed by atoms with Gasteiger partial charge < -0.3 is 10.8 Å². The van der Waals surface area contributed by atoms with Crippen molar-refractivity contribution in [3.8, 4) is 0 Å². The molecule has 78 valence electrons. The van der Waals surface area contributed by atoms with Crippen LogP contribution in [0.15, 0.2) is 18.2 Å². The Labute approximate surface area is 90.1 Å². The molecule has 0 bridgehead atoms. The van der Waals surface area contributed by atoms with Gasteiger partial charge in [0.2, 0.25) is 0 Å². The molecule has 6 heteroatoms. The highest BCUT2D eigenvalue weighted by Crippen LogP contribution is 2.19. The van der Waals surface area contributed by atoms with Gasteiger partial charge in [0.1, 0.15) is 11.0 Å². The number of hydrogen-bond acceptors (Lipinski definition) is 3. The fourth-order valence-corrected chi connectivity index (χ4v) is 1.72. The van der Waals surface area contributed by atoms with Crippen LogP contribution < -0.4 is 5.73 Å². The van der Waals surface area contributed by atoms with Crippen LogP contribution in [-0.4, -0.2) is 20.5 Å². The van der Waals surface area contributed by atoms with Gasteiger partial charge in [-0.15, -0.1) is 0 Å². The van der Waals surface area contributed by atoms with Crippen molar-refractivity contribution >= 4 is 23.1 Å². The highest BCUT2D eigenvalue weighted by atomic mass is 35.5. The maximum Gasteiger partial charge on any atom is 0.356 e. The molecule has 2 aromatic heterocycles. The van der Waals surface area contributed by atoms with Crippen LogP contribution in [0.3, 0.4) is 0 Å². The molecule has 0 aliphatic rings. The minimum absolute atomic E-state index is 0.0297. The summed E-state index contributed by atoms with van der Waals surface area (Å²) in [6, 6.07) is 4.97. The van der Waals surface area contributed by atoms with Gasteiger partial charge in [-0.1, -0.05) is 17.7 Å². The van der Waals surface area contributed by atoms with Crippen LogP contribution in [-0.2, 0) is 6.54 Å². The van der Waals surface area contributed by atoms with E-state index in [0.717, 1.165) is 0 Å². The molecule has 0 saturated heterocycles. The van der Waals surface area contributed by atoms with Gasteiger partial charge in [0.05, 0.1) is 12.1 Å². The standard InChI is InChI=1S/C9H8ClN3O2/c10-6-3-1-2-5-8(9(14)15)12-7(4-11)13(5)6/h1-3H,4,11H2,(H,14,15). The molecule has 15 heavy (non-hydrogen) atoms. The lowest BCUT2D eigenvalue weighted by Crippen LogP contribution is -2.03. The molecule has 0 aliphatic heterocycles. The monoisotopic (exact) mass is 225 g/mol. The van der Waals surface area contributed by atoms with Gasteiger partial charge in [-0.2, -0.15) is 0 Å². The third-order valence-electron chi connectivity index (χ3n) is 2.07. The molecule has 0 saturated carbocycles. The minimum Gasteiger partial charge on any atom is -0.476 e. The maximum atomic E-state index is 10.9. The predicted octanol–water partition coefficient (Wildman–Crippen LogP) is 1.14. The number of carboxylic acids is 1. The zero-order chi connectivity index (χ0) is 11.0. The number of aromatic nitrogens is 2. The Kier molecular flexibility index (Phi) is 2.34. The first-order valence-electron chi connectivity index (χ1n) is 4.24. The summed E-state index contributed by atoms with van der Waals surface area (Å²) in [4.78, 5) is 14.8. The molecule has 2 aromatic rings. The summed E-state index contributed by atoms with van der Waals surface area (Å²) >= 11 is 5.93. The number of imidazole rings is 1. The van der Waals surface area contributed by atoms with Crippen molar-refractivity contribution in [1.29, 1.82) is 0 Å². The number of hydrogen-bond donors (Lipinski definition) is 2. The topological polar surface area (TPSA) is 80.6 Å². The number of aromatic carboxylic acids is 1. The number of carboxylic acid groups (broad SMARTS) is 1. The molecule has 0 aliphatic carbocycles. The van der Waals surface area contributed by atoms with Gasteiger partial charge in [-0.3, -0.25) is 4.40 Å². The number of carbonyl (C=O) groups is 1. The molecule has 3 N–H and O–H groups in total. The maximum absolute atomic E-state index is 10.9. The third kappa shape index (κ3) is 1.45. The van der Waals surface area contributed by atoms with Crippen LogP contribution >= 0.6 is 11.6 Å². The molecular formula is C9H8ClN3O2. The number of fused-ring (bicyclic) bond motifs is 1. The smallest absolute Gasteiger partial charge is 0.356 e. The molecule has 0 amide bonds. The van der Waals surface area contributed by atoms with Gasteiger partial charge in [-0.05, 0) is 12.1 Å². The molecule has 5 nitrogen and oxygen atoms in total. The number of nitrogens with zero attached hydrogens (tertiary/aromatic N) is 2. The van der Waals surface area contributed by atoms with Gasteiger partial charge in [0.15, 0.2) is 5.69 Å². The second kappa shape index (κ2) is 3.52. The van der Waals surface area contributed by atoms with E-state index in [-0.39, 0.29) is 12.2 Å². The Morgan fingerprint density at radius 3 is 2.93 bits per heavy atom. The van der Waals surface area contributed by atoms with E-state index in [4.69, 9.17) is 22.4 Å². The summed E-state index contributed by atoms with van der Waals surface area (Å²) in [5.41, 5.74) is 5.89. The number of pyridine rings is 1. The van der Waals surface area contributed by atoms with Gasteiger partial charge in [0.25, 0.3) is 0 Å². The van der Waals surface area contributed by atoms with Crippen molar-refractivity contribution in [3.05, 3.63) is 34.9 Å². The summed E-state index contributed by atoms with van der Waals surface area (Å²) in [5.74, 6) is -0.650. The summed E-state index contributed by atoms with van der Waals surface area (Å²) in [6.07, 6.45) is 0. The zero-order valence-corrected chi connectivity index (χ0v) is 8.40. The number of halogens is 1. The summed E-state index contributed by atoms with van der Waals surface area (Å²) in [5, 5.41) is 9.32. The van der Waals surface area contributed by atoms with Crippen molar-refractivity contribution < 1.29 is 9.90 Å². The van der Waals surface area contributed by atoms with E-state index in [2.05, 4.69) is 4.98 Å². The Bertz CT molecular complexity index is 535. The van der Waals surface area contributed by atoms with Crippen LogP contribution in [0.2, 0.25) is 5.15 Å². The number of nitrogens with two attached hydrogens (primary N) is 1. The van der Waals surface area contributed by atoms with E-state index >= 15 is 0 Å². The second-order valence-corrected chi connectivity index (χ2v) is 3.34. The molecule has 0 fully saturated rings. The van der Waals surface area contributed by atoms with Crippen molar-refractivity contribution in [2.45, 2.75) is 6.54 Å². The van der Waals surface area contributed by atoms with E-state index in [1.807, 2.05) is 0 Å². The first kappa shape index (κ1) is 9.95.